The van der Waals surface area contributed by atoms with Crippen molar-refractivity contribution in [1.82, 2.24) is 0 Å². The van der Waals surface area contributed by atoms with Crippen molar-refractivity contribution in [3.8, 4) is 12.0 Å². The van der Waals surface area contributed by atoms with Gasteiger partial charge in [-0.25, -0.2) is 0 Å². The van der Waals surface area contributed by atoms with E-state index >= 15 is 0 Å². The van der Waals surface area contributed by atoms with Crippen LogP contribution < -0.4 is 0 Å². The number of aliphatic hydroxyl groups excluding tert-OH is 2. The molecule has 4 nitrogen and oxygen atoms in total. The normalized spacial score (nSPS) is 52.1. The predicted molar refractivity (Wildman–Crippen MR) is 98.7 cm³/mol. The van der Waals surface area contributed by atoms with E-state index in [4.69, 9.17) is 4.74 Å². The summed E-state index contributed by atoms with van der Waals surface area (Å²) in [7, 11) is 1.56. The van der Waals surface area contributed by atoms with E-state index in [1.165, 1.54) is 0 Å². The van der Waals surface area contributed by atoms with Crippen molar-refractivity contribution in [2.24, 2.45) is 28.6 Å². The first-order chi connectivity index (χ1) is 12.3. The lowest BCUT2D eigenvalue weighted by molar-refractivity contribution is -0.190. The van der Waals surface area contributed by atoms with E-state index in [-0.39, 0.29) is 17.3 Å². The van der Waals surface area contributed by atoms with Gasteiger partial charge in [0.15, 0.2) is 0 Å². The Morgan fingerprint density at radius 3 is 2.65 bits per heavy atom. The zero-order valence-corrected chi connectivity index (χ0v) is 15.9. The van der Waals surface area contributed by atoms with Gasteiger partial charge in [0.1, 0.15) is 6.11 Å². The predicted octanol–water partition coefficient (Wildman–Crippen LogP) is 2.40. The van der Waals surface area contributed by atoms with Gasteiger partial charge in [0.25, 0.3) is 0 Å². The largest absolute Gasteiger partial charge is 0.450 e. The third-order valence-electron chi connectivity index (χ3n) is 8.18. The standard InChI is InChI=1S/C22H30O4/c1-20-8-4-15(23)13-17(20)14(7-11-26-3)12-18-16(20)5-9-21(2)19(24)6-10-22(18,21)25/h4,8,13-16,18-19,23-25H,5-6,9-10,12H2,1-3H3/t14-,15?,16-,18+,19?,20+,21+,22+/m0/s1. The molecular weight excluding hydrogens is 328 g/mol. The average molecular weight is 358 g/mol. The van der Waals surface area contributed by atoms with Crippen LogP contribution in [0.25, 0.3) is 0 Å². The fourth-order valence-corrected chi connectivity index (χ4v) is 6.60. The summed E-state index contributed by atoms with van der Waals surface area (Å²) in [6, 6.07) is 0. The minimum Gasteiger partial charge on any atom is -0.450 e. The van der Waals surface area contributed by atoms with Crippen LogP contribution in [0.4, 0.5) is 0 Å². The molecule has 0 aromatic rings. The molecule has 4 aliphatic carbocycles. The number of methoxy groups -OCH3 is 1. The van der Waals surface area contributed by atoms with Crippen molar-refractivity contribution in [1.29, 1.82) is 0 Å². The highest BCUT2D eigenvalue weighted by atomic mass is 16.5. The lowest BCUT2D eigenvalue weighted by atomic mass is 9.45. The zero-order chi connectivity index (χ0) is 18.7. The van der Waals surface area contributed by atoms with Gasteiger partial charge >= 0.3 is 0 Å². The minimum atomic E-state index is -0.860. The molecule has 26 heavy (non-hydrogen) atoms. The number of aliphatic hydroxyl groups is 3. The lowest BCUT2D eigenvalue weighted by Gasteiger charge is -2.61. The summed E-state index contributed by atoms with van der Waals surface area (Å²) >= 11 is 0. The molecule has 2 unspecified atom stereocenters. The van der Waals surface area contributed by atoms with Crippen LogP contribution in [0.1, 0.15) is 46.0 Å². The zero-order valence-electron chi connectivity index (χ0n) is 15.9. The maximum atomic E-state index is 11.8. The van der Waals surface area contributed by atoms with E-state index in [9.17, 15) is 15.3 Å². The Balaban J connectivity index is 1.80. The monoisotopic (exact) mass is 358 g/mol. The maximum Gasteiger partial charge on any atom is 0.110 e. The first-order valence-electron chi connectivity index (χ1n) is 9.80. The smallest absolute Gasteiger partial charge is 0.110 e. The second-order valence-corrected chi connectivity index (χ2v) is 9.14. The SMILES string of the molecule is COC#C[C@H]1C[C@@H]2[C@H](CC[C@]3(C)C(O)CC[C@@]23O)[C@@]2(C)C=CC(O)C=C12. The van der Waals surface area contributed by atoms with Gasteiger partial charge in [-0.1, -0.05) is 38.0 Å². The van der Waals surface area contributed by atoms with Crippen molar-refractivity contribution >= 4 is 0 Å². The van der Waals surface area contributed by atoms with Crippen molar-refractivity contribution < 1.29 is 20.1 Å². The van der Waals surface area contributed by atoms with Gasteiger partial charge in [-0.2, -0.15) is 0 Å². The molecule has 0 radical (unpaired) electrons. The van der Waals surface area contributed by atoms with Gasteiger partial charge in [-0.3, -0.25) is 0 Å². The molecule has 4 heteroatoms. The molecule has 4 aliphatic rings. The van der Waals surface area contributed by atoms with E-state index in [1.54, 1.807) is 7.11 Å². The molecule has 0 saturated heterocycles. The van der Waals surface area contributed by atoms with Gasteiger partial charge in [0.05, 0.1) is 24.9 Å². The first-order valence-corrected chi connectivity index (χ1v) is 9.80. The van der Waals surface area contributed by atoms with Crippen LogP contribution in [0.3, 0.4) is 0 Å². The topological polar surface area (TPSA) is 69.9 Å². The fourth-order valence-electron chi connectivity index (χ4n) is 6.60. The van der Waals surface area contributed by atoms with E-state index in [0.717, 1.165) is 24.8 Å². The molecule has 3 fully saturated rings. The number of hydrogen-bond donors (Lipinski definition) is 3. The summed E-state index contributed by atoms with van der Waals surface area (Å²) in [5.74, 6) is 3.53. The Bertz CT molecular complexity index is 715. The lowest BCUT2D eigenvalue weighted by Crippen LogP contribution is -2.62. The quantitative estimate of drug-likeness (QED) is 0.459. The molecule has 0 amide bonds. The second-order valence-electron chi connectivity index (χ2n) is 9.14. The number of fused-ring (bicyclic) bond motifs is 5. The first kappa shape index (κ1) is 18.1. The number of ether oxygens (including phenoxy) is 1. The van der Waals surface area contributed by atoms with Crippen LogP contribution in [-0.4, -0.2) is 40.2 Å². The second kappa shape index (κ2) is 5.86. The summed E-state index contributed by atoms with van der Waals surface area (Å²) in [6.07, 6.45) is 11.5. The molecule has 0 spiro atoms. The summed E-state index contributed by atoms with van der Waals surface area (Å²) in [5.41, 5.74) is -0.368. The fraction of sp³-hybridized carbons (Fsp3) is 0.727. The highest BCUT2D eigenvalue weighted by Gasteiger charge is 2.67. The highest BCUT2D eigenvalue weighted by Crippen LogP contribution is 2.67. The van der Waals surface area contributed by atoms with E-state index in [2.05, 4.69) is 32.0 Å². The van der Waals surface area contributed by atoms with E-state index < -0.39 is 23.2 Å². The third kappa shape index (κ3) is 2.21. The molecule has 3 N–H and O–H groups in total. The summed E-state index contributed by atoms with van der Waals surface area (Å²) in [4.78, 5) is 0. The number of hydrogen-bond acceptors (Lipinski definition) is 4. The summed E-state index contributed by atoms with van der Waals surface area (Å²) in [5, 5.41) is 32.6. The van der Waals surface area contributed by atoms with E-state index in [1.807, 2.05) is 12.2 Å². The van der Waals surface area contributed by atoms with Crippen LogP contribution in [0.15, 0.2) is 23.8 Å². The molecule has 0 aromatic carbocycles. The number of allylic oxidation sites excluding steroid dienone is 2. The van der Waals surface area contributed by atoms with Crippen LogP contribution in [0, 0.1) is 40.6 Å². The van der Waals surface area contributed by atoms with Crippen LogP contribution >= 0.6 is 0 Å². The Morgan fingerprint density at radius 1 is 1.15 bits per heavy atom. The molecule has 3 saturated carbocycles. The van der Waals surface area contributed by atoms with Crippen molar-refractivity contribution in [3.63, 3.8) is 0 Å². The van der Waals surface area contributed by atoms with Gasteiger partial charge < -0.3 is 20.1 Å². The van der Waals surface area contributed by atoms with Gasteiger partial charge in [0.2, 0.25) is 0 Å². The Morgan fingerprint density at radius 2 is 1.92 bits per heavy atom. The highest BCUT2D eigenvalue weighted by molar-refractivity contribution is 5.40. The molecule has 142 valence electrons. The van der Waals surface area contributed by atoms with Gasteiger partial charge in [-0.15, -0.1) is 0 Å². The maximum absolute atomic E-state index is 11.8. The van der Waals surface area contributed by atoms with Crippen LogP contribution in [0.5, 0.6) is 0 Å². The molecule has 0 aliphatic heterocycles. The molecule has 4 rings (SSSR count). The van der Waals surface area contributed by atoms with Gasteiger partial charge in [-0.05, 0) is 49.5 Å². The Labute approximate surface area is 155 Å². The van der Waals surface area contributed by atoms with Crippen molar-refractivity contribution in [3.05, 3.63) is 23.8 Å². The minimum absolute atomic E-state index is 0.0510. The molecular formula is C22H30O4. The molecule has 0 aromatic heterocycles. The molecule has 8 atom stereocenters. The summed E-state index contributed by atoms with van der Waals surface area (Å²) in [6.45, 7) is 4.28. The number of rotatable bonds is 0. The molecule has 0 heterocycles. The average Bonchev–Trinajstić information content (AvgIpc) is 2.85. The molecule has 0 bridgehead atoms. The van der Waals surface area contributed by atoms with Crippen LogP contribution in [0.2, 0.25) is 0 Å². The van der Waals surface area contributed by atoms with Gasteiger partial charge in [0, 0.05) is 16.7 Å². The Kier molecular flexibility index (Phi) is 4.08. The van der Waals surface area contributed by atoms with Crippen LogP contribution in [-0.2, 0) is 4.74 Å². The van der Waals surface area contributed by atoms with Crippen molar-refractivity contribution in [2.75, 3.05) is 7.11 Å². The Hall–Kier alpha value is -1.28. The summed E-state index contributed by atoms with van der Waals surface area (Å²) < 4.78 is 5.00. The third-order valence-corrected chi connectivity index (χ3v) is 8.18. The van der Waals surface area contributed by atoms with E-state index in [0.29, 0.717) is 18.8 Å². The van der Waals surface area contributed by atoms with Crippen molar-refractivity contribution in [2.45, 2.75) is 63.8 Å².